The molecule has 1 heterocycles. The second kappa shape index (κ2) is 9.76. The predicted molar refractivity (Wildman–Crippen MR) is 122 cm³/mol. The summed E-state index contributed by atoms with van der Waals surface area (Å²) < 4.78 is 27.9. The minimum Gasteiger partial charge on any atom is -0.326 e. The van der Waals surface area contributed by atoms with Gasteiger partial charge in [0, 0.05) is 57.0 Å². The topological polar surface area (TPSA) is 113 Å². The van der Waals surface area contributed by atoms with Crippen LogP contribution in [-0.4, -0.2) is 61.2 Å². The predicted octanol–water partition coefficient (Wildman–Crippen LogP) is 2.86. The number of non-ortho nitro benzene ring substituents is 1. The molecule has 0 aromatic heterocycles. The highest BCUT2D eigenvalue weighted by atomic mass is 32.2. The Labute approximate surface area is 188 Å². The van der Waals surface area contributed by atoms with Crippen LogP contribution in [0.1, 0.15) is 23.1 Å². The molecule has 10 heteroatoms. The summed E-state index contributed by atoms with van der Waals surface area (Å²) in [7, 11) is -3.57. The van der Waals surface area contributed by atoms with Crippen LogP contribution in [0.25, 0.3) is 0 Å². The van der Waals surface area contributed by atoms with Crippen molar-refractivity contribution in [1.82, 2.24) is 9.21 Å². The molecule has 2 aromatic carbocycles. The Morgan fingerprint density at radius 1 is 1.06 bits per heavy atom. The van der Waals surface area contributed by atoms with Crippen molar-refractivity contribution >= 4 is 27.3 Å². The van der Waals surface area contributed by atoms with E-state index < -0.39 is 14.9 Å². The first-order valence-electron chi connectivity index (χ1n) is 10.4. The van der Waals surface area contributed by atoms with Gasteiger partial charge in [-0.05, 0) is 38.0 Å². The van der Waals surface area contributed by atoms with Crippen LogP contribution < -0.4 is 5.32 Å². The van der Waals surface area contributed by atoms with Gasteiger partial charge in [-0.2, -0.15) is 4.31 Å². The van der Waals surface area contributed by atoms with Crippen molar-refractivity contribution in [3.8, 4) is 0 Å². The maximum atomic E-state index is 13.2. The summed E-state index contributed by atoms with van der Waals surface area (Å²) in [4.78, 5) is 25.0. The molecule has 0 atom stereocenters. The van der Waals surface area contributed by atoms with Crippen molar-refractivity contribution in [1.29, 1.82) is 0 Å². The van der Waals surface area contributed by atoms with Crippen LogP contribution in [0.5, 0.6) is 0 Å². The van der Waals surface area contributed by atoms with Crippen molar-refractivity contribution in [3.63, 3.8) is 0 Å². The number of piperazine rings is 1. The van der Waals surface area contributed by atoms with E-state index in [1.165, 1.54) is 22.5 Å². The van der Waals surface area contributed by atoms with Gasteiger partial charge in [-0.1, -0.05) is 23.8 Å². The number of nitrogens with zero attached hydrogens (tertiary/aromatic N) is 3. The van der Waals surface area contributed by atoms with Crippen LogP contribution in [0.2, 0.25) is 0 Å². The molecule has 172 valence electrons. The van der Waals surface area contributed by atoms with E-state index >= 15 is 0 Å². The molecule has 1 amide bonds. The Morgan fingerprint density at radius 3 is 2.28 bits per heavy atom. The number of nitrogens with one attached hydrogen (secondary N) is 1. The quantitative estimate of drug-likeness (QED) is 0.502. The molecule has 0 bridgehead atoms. The number of rotatable bonds is 7. The number of aryl methyl sites for hydroxylation is 3. The molecule has 32 heavy (non-hydrogen) atoms. The second-order valence-electron chi connectivity index (χ2n) is 8.08. The number of nitro groups is 1. The van der Waals surface area contributed by atoms with Crippen LogP contribution in [0.4, 0.5) is 11.4 Å². The fourth-order valence-electron chi connectivity index (χ4n) is 4.08. The second-order valence-corrected chi connectivity index (χ2v) is 9.95. The SMILES string of the molecule is Cc1cc(C)c(S(=O)(=O)N2CCN(CCC(=O)Nc3cccc([N+](=O)[O-])c3)CC2)c(C)c1. The van der Waals surface area contributed by atoms with Crippen molar-refractivity contribution in [2.24, 2.45) is 0 Å². The number of carbonyl (C=O) groups excluding carboxylic acids is 1. The average molecular weight is 461 g/mol. The Balaban J connectivity index is 1.53. The van der Waals surface area contributed by atoms with E-state index in [1.54, 1.807) is 6.07 Å². The number of benzene rings is 2. The maximum absolute atomic E-state index is 13.2. The van der Waals surface area contributed by atoms with Crippen molar-refractivity contribution in [2.75, 3.05) is 38.0 Å². The van der Waals surface area contributed by atoms with E-state index in [2.05, 4.69) is 5.32 Å². The molecule has 0 radical (unpaired) electrons. The Kier molecular flexibility index (Phi) is 7.27. The summed E-state index contributed by atoms with van der Waals surface area (Å²) in [5, 5.41) is 13.5. The molecule has 3 rings (SSSR count). The van der Waals surface area contributed by atoms with Gasteiger partial charge in [-0.25, -0.2) is 8.42 Å². The molecule has 1 fully saturated rings. The zero-order valence-electron chi connectivity index (χ0n) is 18.5. The first-order valence-corrected chi connectivity index (χ1v) is 11.9. The van der Waals surface area contributed by atoms with Gasteiger partial charge in [-0.15, -0.1) is 0 Å². The largest absolute Gasteiger partial charge is 0.326 e. The molecule has 1 saturated heterocycles. The van der Waals surface area contributed by atoms with Gasteiger partial charge in [0.05, 0.1) is 9.82 Å². The van der Waals surface area contributed by atoms with Crippen LogP contribution in [-0.2, 0) is 14.8 Å². The van der Waals surface area contributed by atoms with Crippen molar-refractivity contribution in [2.45, 2.75) is 32.1 Å². The summed E-state index contributed by atoms with van der Waals surface area (Å²) in [6.07, 6.45) is 0.214. The van der Waals surface area contributed by atoms with Crippen LogP contribution >= 0.6 is 0 Å². The van der Waals surface area contributed by atoms with Crippen LogP contribution in [0, 0.1) is 30.9 Å². The number of nitro benzene ring substituents is 1. The van der Waals surface area contributed by atoms with E-state index in [4.69, 9.17) is 0 Å². The van der Waals surface area contributed by atoms with E-state index in [0.29, 0.717) is 43.3 Å². The number of amides is 1. The van der Waals surface area contributed by atoms with Crippen molar-refractivity contribution < 1.29 is 18.1 Å². The average Bonchev–Trinajstić information content (AvgIpc) is 2.72. The minimum absolute atomic E-state index is 0.0841. The van der Waals surface area contributed by atoms with Crippen LogP contribution in [0.15, 0.2) is 41.3 Å². The highest BCUT2D eigenvalue weighted by molar-refractivity contribution is 7.89. The molecule has 0 aliphatic carbocycles. The van der Waals surface area contributed by atoms with Crippen LogP contribution in [0.3, 0.4) is 0 Å². The van der Waals surface area contributed by atoms with Crippen molar-refractivity contribution in [3.05, 3.63) is 63.2 Å². The third kappa shape index (κ3) is 5.50. The van der Waals surface area contributed by atoms with Gasteiger partial charge in [-0.3, -0.25) is 14.9 Å². The first-order chi connectivity index (χ1) is 15.1. The van der Waals surface area contributed by atoms with E-state index in [9.17, 15) is 23.3 Å². The van der Waals surface area contributed by atoms with Gasteiger partial charge in [0.2, 0.25) is 15.9 Å². The zero-order chi connectivity index (χ0) is 23.5. The van der Waals surface area contributed by atoms with Gasteiger partial charge < -0.3 is 10.2 Å². The fraction of sp³-hybridized carbons (Fsp3) is 0.409. The molecule has 0 unspecified atom stereocenters. The molecule has 1 aliphatic rings. The number of carbonyl (C=O) groups is 1. The lowest BCUT2D eigenvalue weighted by Crippen LogP contribution is -2.49. The van der Waals surface area contributed by atoms with E-state index in [1.807, 2.05) is 37.8 Å². The maximum Gasteiger partial charge on any atom is 0.271 e. The van der Waals surface area contributed by atoms with Gasteiger partial charge in [0.15, 0.2) is 0 Å². The third-order valence-electron chi connectivity index (χ3n) is 5.53. The Bertz CT molecular complexity index is 1100. The summed E-state index contributed by atoms with van der Waals surface area (Å²) in [6, 6.07) is 9.57. The number of hydrogen-bond donors (Lipinski definition) is 1. The highest BCUT2D eigenvalue weighted by Gasteiger charge is 2.30. The lowest BCUT2D eigenvalue weighted by Gasteiger charge is -2.34. The molecular formula is C22H28N4O5S. The molecule has 2 aromatic rings. The normalized spacial score (nSPS) is 15.5. The number of sulfonamides is 1. The molecule has 0 spiro atoms. The smallest absolute Gasteiger partial charge is 0.271 e. The molecule has 9 nitrogen and oxygen atoms in total. The monoisotopic (exact) mass is 460 g/mol. The summed E-state index contributed by atoms with van der Waals surface area (Å²) in [5.74, 6) is -0.244. The first kappa shape index (κ1) is 23.8. The highest BCUT2D eigenvalue weighted by Crippen LogP contribution is 2.26. The molecule has 0 saturated carbocycles. The Hall–Kier alpha value is -2.82. The zero-order valence-corrected chi connectivity index (χ0v) is 19.3. The van der Waals surface area contributed by atoms with Gasteiger partial charge >= 0.3 is 0 Å². The summed E-state index contributed by atoms with van der Waals surface area (Å²) in [6.45, 7) is 7.87. The molecular weight excluding hydrogens is 432 g/mol. The van der Waals surface area contributed by atoms with Gasteiger partial charge in [0.1, 0.15) is 0 Å². The molecule has 1 aliphatic heterocycles. The fourth-order valence-corrected chi connectivity index (χ4v) is 5.91. The van der Waals surface area contributed by atoms with E-state index in [0.717, 1.165) is 16.7 Å². The van der Waals surface area contributed by atoms with E-state index in [-0.39, 0.29) is 18.0 Å². The summed E-state index contributed by atoms with van der Waals surface area (Å²) >= 11 is 0. The Morgan fingerprint density at radius 2 is 1.69 bits per heavy atom. The number of anilines is 1. The third-order valence-corrected chi connectivity index (χ3v) is 7.73. The standard InChI is InChI=1S/C22H28N4O5S/c1-16-13-17(2)22(18(3)14-16)32(30,31)25-11-9-24(10-12-25)8-7-21(27)23-19-5-4-6-20(15-19)26(28)29/h4-6,13-15H,7-12H2,1-3H3,(H,23,27). The molecule has 1 N–H and O–H groups in total. The summed E-state index contributed by atoms with van der Waals surface area (Å²) in [5.41, 5.74) is 2.83. The minimum atomic E-state index is -3.57. The lowest BCUT2D eigenvalue weighted by molar-refractivity contribution is -0.384. The lowest BCUT2D eigenvalue weighted by atomic mass is 10.1. The van der Waals surface area contributed by atoms with Gasteiger partial charge in [0.25, 0.3) is 5.69 Å². The number of hydrogen-bond acceptors (Lipinski definition) is 6.